The SMILES string of the molecule is C[C@H](CCCC=O)NC(=O)[C@]1(C)CCC[C@@]2(C)C3=CC[C@](C)(I)CC3CCC12. The van der Waals surface area contributed by atoms with Crippen LogP contribution in [0, 0.1) is 22.7 Å². The second-order valence-electron chi connectivity index (χ2n) is 10.5. The van der Waals surface area contributed by atoms with Crippen molar-refractivity contribution in [2.75, 3.05) is 0 Å². The molecule has 3 rings (SSSR count). The van der Waals surface area contributed by atoms with Gasteiger partial charge in [0.2, 0.25) is 5.91 Å². The monoisotopic (exact) mass is 499 g/mol. The molecule has 0 spiro atoms. The summed E-state index contributed by atoms with van der Waals surface area (Å²) < 4.78 is 0.390. The summed E-state index contributed by atoms with van der Waals surface area (Å²) in [6, 6.07) is 0.141. The van der Waals surface area contributed by atoms with Gasteiger partial charge in [0.1, 0.15) is 6.29 Å². The molecule has 4 heteroatoms. The Balaban J connectivity index is 1.78. The van der Waals surface area contributed by atoms with Gasteiger partial charge in [-0.25, -0.2) is 0 Å². The lowest BCUT2D eigenvalue weighted by Crippen LogP contribution is -2.56. The van der Waals surface area contributed by atoms with Crippen LogP contribution in [-0.4, -0.2) is 21.7 Å². The van der Waals surface area contributed by atoms with Crippen LogP contribution in [0.4, 0.5) is 0 Å². The Bertz CT molecular complexity index is 643. The van der Waals surface area contributed by atoms with Gasteiger partial charge in [0, 0.05) is 15.9 Å². The molecule has 0 aliphatic heterocycles. The van der Waals surface area contributed by atoms with Gasteiger partial charge in [-0.2, -0.15) is 0 Å². The fraction of sp³-hybridized carbons (Fsp3) is 0.833. The van der Waals surface area contributed by atoms with Crippen LogP contribution in [0.2, 0.25) is 0 Å². The number of carbonyl (C=O) groups excluding carboxylic acids is 2. The molecule has 2 saturated carbocycles. The third-order valence-corrected chi connectivity index (χ3v) is 8.99. The van der Waals surface area contributed by atoms with Crippen molar-refractivity contribution in [3.05, 3.63) is 11.6 Å². The number of allylic oxidation sites excluding steroid dienone is 2. The minimum atomic E-state index is -0.275. The Kier molecular flexibility index (Phi) is 6.68. The Morgan fingerprint density at radius 1 is 1.32 bits per heavy atom. The van der Waals surface area contributed by atoms with Gasteiger partial charge in [0.05, 0.1) is 5.41 Å². The van der Waals surface area contributed by atoms with Crippen LogP contribution in [-0.2, 0) is 9.59 Å². The lowest BCUT2D eigenvalue weighted by atomic mass is 9.46. The van der Waals surface area contributed by atoms with E-state index in [9.17, 15) is 9.59 Å². The molecule has 0 heterocycles. The number of halogens is 1. The van der Waals surface area contributed by atoms with Crippen LogP contribution in [0.5, 0.6) is 0 Å². The Labute approximate surface area is 185 Å². The first kappa shape index (κ1) is 22.3. The van der Waals surface area contributed by atoms with E-state index in [-0.39, 0.29) is 22.8 Å². The minimum Gasteiger partial charge on any atom is -0.353 e. The van der Waals surface area contributed by atoms with Gasteiger partial charge in [-0.3, -0.25) is 4.79 Å². The Morgan fingerprint density at radius 2 is 2.07 bits per heavy atom. The van der Waals surface area contributed by atoms with E-state index in [0.29, 0.717) is 21.7 Å². The van der Waals surface area contributed by atoms with Crippen molar-refractivity contribution in [1.82, 2.24) is 5.32 Å². The molecule has 2 unspecified atom stereocenters. The van der Waals surface area contributed by atoms with E-state index in [4.69, 9.17) is 0 Å². The molecule has 3 aliphatic carbocycles. The van der Waals surface area contributed by atoms with Crippen LogP contribution >= 0.6 is 22.6 Å². The molecule has 1 amide bonds. The zero-order valence-corrected chi connectivity index (χ0v) is 20.3. The number of fused-ring (bicyclic) bond motifs is 3. The number of amides is 1. The van der Waals surface area contributed by atoms with Gasteiger partial charge in [-0.15, -0.1) is 0 Å². The highest BCUT2D eigenvalue weighted by molar-refractivity contribution is 14.1. The molecule has 0 aromatic heterocycles. The van der Waals surface area contributed by atoms with E-state index in [1.54, 1.807) is 5.57 Å². The van der Waals surface area contributed by atoms with Crippen LogP contribution < -0.4 is 5.32 Å². The molecule has 0 aromatic carbocycles. The van der Waals surface area contributed by atoms with E-state index in [1.807, 2.05) is 0 Å². The van der Waals surface area contributed by atoms with Crippen LogP contribution in [0.15, 0.2) is 11.6 Å². The summed E-state index contributed by atoms with van der Waals surface area (Å²) in [4.78, 5) is 24.0. The van der Waals surface area contributed by atoms with E-state index in [2.05, 4.69) is 61.7 Å². The smallest absolute Gasteiger partial charge is 0.226 e. The lowest BCUT2D eigenvalue weighted by Gasteiger charge is -2.58. The van der Waals surface area contributed by atoms with Gasteiger partial charge >= 0.3 is 0 Å². The molecule has 0 aromatic rings. The number of hydrogen-bond donors (Lipinski definition) is 1. The van der Waals surface area contributed by atoms with Crippen LogP contribution in [0.25, 0.3) is 0 Å². The largest absolute Gasteiger partial charge is 0.353 e. The molecule has 0 saturated heterocycles. The molecule has 6 atom stereocenters. The fourth-order valence-corrected chi connectivity index (χ4v) is 7.37. The first-order chi connectivity index (χ1) is 13.1. The minimum absolute atomic E-state index is 0.141. The summed E-state index contributed by atoms with van der Waals surface area (Å²) in [5.41, 5.74) is 1.58. The molecule has 158 valence electrons. The predicted molar refractivity (Wildman–Crippen MR) is 124 cm³/mol. The predicted octanol–water partition coefficient (Wildman–Crippen LogP) is 6.00. The zero-order valence-electron chi connectivity index (χ0n) is 18.2. The molecule has 0 bridgehead atoms. The Morgan fingerprint density at radius 3 is 2.79 bits per heavy atom. The molecular weight excluding hydrogens is 461 g/mol. The molecule has 1 N–H and O–H groups in total. The van der Waals surface area contributed by atoms with Gasteiger partial charge in [-0.1, -0.05) is 61.4 Å². The molecule has 0 radical (unpaired) electrons. The normalized spacial score (nSPS) is 41.2. The van der Waals surface area contributed by atoms with E-state index in [1.165, 1.54) is 32.1 Å². The lowest BCUT2D eigenvalue weighted by molar-refractivity contribution is -0.142. The fourth-order valence-electron chi connectivity index (χ4n) is 6.62. The number of nitrogens with one attached hydrogen (secondary N) is 1. The summed E-state index contributed by atoms with van der Waals surface area (Å²) in [7, 11) is 0. The maximum Gasteiger partial charge on any atom is 0.226 e. The highest BCUT2D eigenvalue weighted by Gasteiger charge is 2.57. The number of unbranched alkanes of at least 4 members (excludes halogenated alkanes) is 1. The molecule has 3 aliphatic rings. The summed E-state index contributed by atoms with van der Waals surface area (Å²) in [6.45, 7) is 9.16. The molecular formula is C24H38INO2. The van der Waals surface area contributed by atoms with Gasteiger partial charge in [0.25, 0.3) is 0 Å². The summed E-state index contributed by atoms with van der Waals surface area (Å²) in [6.07, 6.45) is 14.1. The first-order valence-electron chi connectivity index (χ1n) is 11.3. The second kappa shape index (κ2) is 8.39. The van der Waals surface area contributed by atoms with Crippen LogP contribution in [0.3, 0.4) is 0 Å². The summed E-state index contributed by atoms with van der Waals surface area (Å²) in [5, 5.41) is 3.31. The maximum atomic E-state index is 13.4. The van der Waals surface area contributed by atoms with E-state index in [0.717, 1.165) is 32.0 Å². The van der Waals surface area contributed by atoms with Crippen molar-refractivity contribution >= 4 is 34.8 Å². The number of aldehydes is 1. The van der Waals surface area contributed by atoms with Crippen molar-refractivity contribution in [1.29, 1.82) is 0 Å². The van der Waals surface area contributed by atoms with Gasteiger partial charge in [-0.05, 0) is 75.5 Å². The quantitative estimate of drug-likeness (QED) is 0.160. The third-order valence-electron chi connectivity index (χ3n) is 8.11. The van der Waals surface area contributed by atoms with Crippen molar-refractivity contribution < 1.29 is 9.59 Å². The van der Waals surface area contributed by atoms with Crippen LogP contribution in [0.1, 0.15) is 91.9 Å². The molecule has 3 nitrogen and oxygen atoms in total. The maximum absolute atomic E-state index is 13.4. The van der Waals surface area contributed by atoms with E-state index >= 15 is 0 Å². The number of rotatable bonds is 6. The topological polar surface area (TPSA) is 46.2 Å². The highest BCUT2D eigenvalue weighted by Crippen LogP contribution is 2.63. The Hall–Kier alpha value is -0.390. The molecule has 2 fully saturated rings. The third kappa shape index (κ3) is 4.22. The number of hydrogen-bond acceptors (Lipinski definition) is 2. The van der Waals surface area contributed by atoms with Crippen molar-refractivity contribution in [2.45, 2.75) is 101 Å². The van der Waals surface area contributed by atoms with Crippen molar-refractivity contribution in [3.8, 4) is 0 Å². The van der Waals surface area contributed by atoms with Gasteiger partial charge in [0.15, 0.2) is 0 Å². The van der Waals surface area contributed by atoms with Crippen molar-refractivity contribution in [3.63, 3.8) is 0 Å². The standard InChI is InChI=1S/C24H38INO2/c1-17(8-5-6-15-27)26-21(28)24(4)13-7-12-23(3)19-11-14-22(2,25)16-18(19)9-10-20(23)24/h11,15,17-18,20H,5-10,12-14,16H2,1-4H3,(H,26,28)/t17-,18?,20?,22+,23+,24-/m1/s1. The molecule has 28 heavy (non-hydrogen) atoms. The zero-order chi connectivity index (χ0) is 20.6. The second-order valence-corrected chi connectivity index (χ2v) is 13.1. The average Bonchev–Trinajstić information content (AvgIpc) is 2.60. The summed E-state index contributed by atoms with van der Waals surface area (Å²) in [5.74, 6) is 1.40. The first-order valence-corrected chi connectivity index (χ1v) is 12.3. The number of carbonyl (C=O) groups is 2. The summed E-state index contributed by atoms with van der Waals surface area (Å²) >= 11 is 2.65. The van der Waals surface area contributed by atoms with Gasteiger partial charge < -0.3 is 10.1 Å². The average molecular weight is 499 g/mol. The number of alkyl halides is 1. The highest BCUT2D eigenvalue weighted by atomic mass is 127. The van der Waals surface area contributed by atoms with Crippen molar-refractivity contribution in [2.24, 2.45) is 22.7 Å². The van der Waals surface area contributed by atoms with E-state index < -0.39 is 0 Å².